The Kier molecular flexibility index (Phi) is 5.07. The smallest absolute Gasteiger partial charge is 0.144 e. The molecule has 0 atom stereocenters. The molecule has 0 saturated carbocycles. The lowest BCUT2D eigenvalue weighted by molar-refractivity contribution is 0.888. The van der Waals surface area contributed by atoms with Crippen LogP contribution in [0.2, 0.25) is 10.0 Å². The molecule has 3 rings (SSSR count). The van der Waals surface area contributed by atoms with Crippen molar-refractivity contribution in [1.82, 2.24) is 0 Å². The van der Waals surface area contributed by atoms with E-state index in [9.17, 15) is 0 Å². The molecule has 1 fully saturated rings. The highest BCUT2D eigenvalue weighted by Crippen LogP contribution is 2.32. The molecule has 0 aromatic heterocycles. The van der Waals surface area contributed by atoms with E-state index in [1.807, 2.05) is 38.1 Å². The van der Waals surface area contributed by atoms with Gasteiger partial charge in [-0.15, -0.1) is 0 Å². The number of halogens is 2. The lowest BCUT2D eigenvalue weighted by atomic mass is 10.2. The van der Waals surface area contributed by atoms with Crippen LogP contribution in [0.15, 0.2) is 36.4 Å². The molecular weight excluding hydrogens is 367 g/mol. The Balaban J connectivity index is 1.88. The van der Waals surface area contributed by atoms with Gasteiger partial charge in [0.15, 0.2) is 0 Å². The maximum absolute atomic E-state index is 6.26. The second kappa shape index (κ2) is 6.89. The van der Waals surface area contributed by atoms with Gasteiger partial charge in [-0.2, -0.15) is 0 Å². The van der Waals surface area contributed by atoms with Crippen LogP contribution in [-0.2, 0) is 0 Å². The van der Waals surface area contributed by atoms with E-state index < -0.39 is 0 Å². The average molecular weight is 383 g/mol. The lowest BCUT2D eigenvalue weighted by Crippen LogP contribution is -2.45. The Morgan fingerprint density at radius 3 is 2.13 bits per heavy atom. The number of hydrogen-bond donors (Lipinski definition) is 0. The molecule has 2 aromatic rings. The SMILES string of the molecule is Cc1ccc(N2CSC(=S)N(c3ccc(C)c(Cl)c3)C2)cc1Cl. The zero-order valence-electron chi connectivity index (χ0n) is 12.8. The van der Waals surface area contributed by atoms with Crippen LogP contribution < -0.4 is 9.80 Å². The molecule has 6 heteroatoms. The van der Waals surface area contributed by atoms with Gasteiger partial charge in [-0.05, 0) is 49.2 Å². The van der Waals surface area contributed by atoms with Crippen LogP contribution in [-0.4, -0.2) is 16.9 Å². The van der Waals surface area contributed by atoms with Gasteiger partial charge in [0.05, 0.1) is 12.5 Å². The third kappa shape index (κ3) is 3.61. The van der Waals surface area contributed by atoms with E-state index in [0.29, 0.717) is 6.67 Å². The molecule has 2 aromatic carbocycles. The number of aryl methyl sites for hydroxylation is 2. The first-order valence-electron chi connectivity index (χ1n) is 7.17. The lowest BCUT2D eigenvalue weighted by Gasteiger charge is -2.38. The third-order valence-electron chi connectivity index (χ3n) is 3.86. The average Bonchev–Trinajstić information content (AvgIpc) is 2.53. The van der Waals surface area contributed by atoms with Crippen molar-refractivity contribution < 1.29 is 0 Å². The number of nitrogens with zero attached hydrogens (tertiary/aromatic N) is 2. The van der Waals surface area contributed by atoms with E-state index in [1.165, 1.54) is 0 Å². The first kappa shape index (κ1) is 16.9. The molecule has 1 aliphatic rings. The summed E-state index contributed by atoms with van der Waals surface area (Å²) in [7, 11) is 0. The van der Waals surface area contributed by atoms with Gasteiger partial charge in [0, 0.05) is 21.4 Å². The van der Waals surface area contributed by atoms with Crippen LogP contribution >= 0.6 is 47.2 Å². The Labute approximate surface area is 156 Å². The van der Waals surface area contributed by atoms with Gasteiger partial charge in [0.1, 0.15) is 4.32 Å². The molecule has 0 unspecified atom stereocenters. The Morgan fingerprint density at radius 2 is 1.52 bits per heavy atom. The Hall–Kier alpha value is -0.940. The summed E-state index contributed by atoms with van der Waals surface area (Å²) in [5, 5.41) is 1.54. The number of benzene rings is 2. The first-order chi connectivity index (χ1) is 11.0. The van der Waals surface area contributed by atoms with Crippen molar-refractivity contribution in [2.24, 2.45) is 0 Å². The minimum Gasteiger partial charge on any atom is -0.344 e. The van der Waals surface area contributed by atoms with E-state index in [2.05, 4.69) is 21.9 Å². The fourth-order valence-electron chi connectivity index (χ4n) is 2.35. The summed E-state index contributed by atoms with van der Waals surface area (Å²) in [5.74, 6) is 0.814. The number of thioether (sulfide) groups is 1. The normalized spacial score (nSPS) is 15.2. The summed E-state index contributed by atoms with van der Waals surface area (Å²) >= 11 is 19.7. The molecule has 0 aliphatic carbocycles. The van der Waals surface area contributed by atoms with E-state index in [-0.39, 0.29) is 0 Å². The van der Waals surface area contributed by atoms with E-state index >= 15 is 0 Å². The van der Waals surface area contributed by atoms with Crippen molar-refractivity contribution in [1.29, 1.82) is 0 Å². The molecule has 1 heterocycles. The van der Waals surface area contributed by atoms with Crippen LogP contribution in [0.1, 0.15) is 11.1 Å². The monoisotopic (exact) mass is 382 g/mol. The molecule has 1 aliphatic heterocycles. The van der Waals surface area contributed by atoms with Crippen molar-refractivity contribution in [2.45, 2.75) is 13.8 Å². The third-order valence-corrected chi connectivity index (χ3v) is 6.16. The molecular formula is C17H16Cl2N2S2. The van der Waals surface area contributed by atoms with Crippen LogP contribution in [0.25, 0.3) is 0 Å². The van der Waals surface area contributed by atoms with E-state index in [4.69, 9.17) is 35.4 Å². The van der Waals surface area contributed by atoms with Crippen molar-refractivity contribution in [3.63, 3.8) is 0 Å². The molecule has 23 heavy (non-hydrogen) atoms. The molecule has 0 N–H and O–H groups in total. The zero-order chi connectivity index (χ0) is 16.6. The van der Waals surface area contributed by atoms with E-state index in [1.54, 1.807) is 11.8 Å². The van der Waals surface area contributed by atoms with Crippen molar-refractivity contribution in [3.05, 3.63) is 57.6 Å². The van der Waals surface area contributed by atoms with Crippen LogP contribution in [0.3, 0.4) is 0 Å². The highest BCUT2D eigenvalue weighted by atomic mass is 35.5. The van der Waals surface area contributed by atoms with Gasteiger partial charge >= 0.3 is 0 Å². The molecule has 0 bridgehead atoms. The topological polar surface area (TPSA) is 6.48 Å². The molecule has 0 spiro atoms. The molecule has 2 nitrogen and oxygen atoms in total. The second-order valence-electron chi connectivity index (χ2n) is 5.52. The largest absolute Gasteiger partial charge is 0.344 e. The predicted molar refractivity (Wildman–Crippen MR) is 107 cm³/mol. The minimum atomic E-state index is 0.685. The predicted octanol–water partition coefficient (Wildman–Crippen LogP) is 5.87. The maximum Gasteiger partial charge on any atom is 0.144 e. The Bertz CT molecular complexity index is 764. The number of hydrogen-bond acceptors (Lipinski definition) is 3. The van der Waals surface area contributed by atoms with Gasteiger partial charge in [0.2, 0.25) is 0 Å². The zero-order valence-corrected chi connectivity index (χ0v) is 16.0. The minimum absolute atomic E-state index is 0.685. The number of thiocarbonyl (C=S) groups is 1. The first-order valence-corrected chi connectivity index (χ1v) is 9.32. The van der Waals surface area contributed by atoms with Gasteiger partial charge in [-0.1, -0.05) is 59.3 Å². The fraction of sp³-hybridized carbons (Fsp3) is 0.235. The molecule has 1 saturated heterocycles. The summed E-state index contributed by atoms with van der Waals surface area (Å²) in [5.41, 5.74) is 4.26. The highest BCUT2D eigenvalue weighted by molar-refractivity contribution is 8.23. The summed E-state index contributed by atoms with van der Waals surface area (Å²) in [4.78, 5) is 4.35. The fourth-order valence-corrected chi connectivity index (χ4v) is 3.84. The van der Waals surface area contributed by atoms with Crippen molar-refractivity contribution >= 4 is 62.9 Å². The van der Waals surface area contributed by atoms with Crippen LogP contribution in [0, 0.1) is 13.8 Å². The van der Waals surface area contributed by atoms with Gasteiger partial charge in [-0.3, -0.25) is 0 Å². The van der Waals surface area contributed by atoms with E-state index in [0.717, 1.165) is 42.7 Å². The maximum atomic E-state index is 6.26. The van der Waals surface area contributed by atoms with Gasteiger partial charge < -0.3 is 9.80 Å². The van der Waals surface area contributed by atoms with Crippen LogP contribution in [0.5, 0.6) is 0 Å². The van der Waals surface area contributed by atoms with Crippen molar-refractivity contribution in [3.8, 4) is 0 Å². The van der Waals surface area contributed by atoms with Crippen LogP contribution in [0.4, 0.5) is 11.4 Å². The highest BCUT2D eigenvalue weighted by Gasteiger charge is 2.24. The quantitative estimate of drug-likeness (QED) is 0.598. The number of anilines is 2. The number of rotatable bonds is 2. The summed E-state index contributed by atoms with van der Waals surface area (Å²) in [6, 6.07) is 12.2. The Morgan fingerprint density at radius 1 is 0.957 bits per heavy atom. The van der Waals surface area contributed by atoms with Crippen molar-refractivity contribution in [2.75, 3.05) is 22.3 Å². The second-order valence-corrected chi connectivity index (χ2v) is 7.91. The van der Waals surface area contributed by atoms with Gasteiger partial charge in [-0.25, -0.2) is 0 Å². The summed E-state index contributed by atoms with van der Waals surface area (Å²) < 4.78 is 0.861. The van der Waals surface area contributed by atoms with Gasteiger partial charge in [0.25, 0.3) is 0 Å². The molecule has 120 valence electrons. The molecule has 0 radical (unpaired) electrons. The summed E-state index contributed by atoms with van der Waals surface area (Å²) in [6.45, 7) is 4.69. The standard InChI is InChI=1S/C17H16Cl2N2S2/c1-11-3-5-13(7-15(11)18)20-9-21(17(22)23-10-20)14-6-4-12(2)16(19)8-14/h3-8H,9-10H2,1-2H3. The molecule has 0 amide bonds. The summed E-state index contributed by atoms with van der Waals surface area (Å²) in [6.07, 6.45) is 0.